The Morgan fingerprint density at radius 2 is 1.81 bits per heavy atom. The predicted octanol–water partition coefficient (Wildman–Crippen LogP) is 4.15. The van der Waals surface area contributed by atoms with E-state index in [4.69, 9.17) is 4.74 Å². The number of carbonyl (C=O) groups is 2. The van der Waals surface area contributed by atoms with E-state index in [0.717, 1.165) is 24.0 Å². The molecule has 5 nitrogen and oxygen atoms in total. The maximum Gasteiger partial charge on any atom is 0.410 e. The van der Waals surface area contributed by atoms with Gasteiger partial charge in [-0.05, 0) is 49.8 Å². The van der Waals surface area contributed by atoms with Gasteiger partial charge in [-0.2, -0.15) is 0 Å². The van der Waals surface area contributed by atoms with Crippen LogP contribution in [0, 0.1) is 12.8 Å². The molecule has 2 saturated heterocycles. The minimum atomic E-state index is -0.255. The average Bonchev–Trinajstić information content (AvgIpc) is 2.96. The second-order valence-corrected chi connectivity index (χ2v) is 7.56. The lowest BCUT2D eigenvalue weighted by Crippen LogP contribution is -2.48. The third-order valence-electron chi connectivity index (χ3n) is 5.82. The molecule has 1 amide bonds. The molecular weight excluding hydrogens is 340 g/mol. The molecule has 4 rings (SSSR count). The van der Waals surface area contributed by atoms with Crippen LogP contribution in [0.2, 0.25) is 0 Å². The third-order valence-corrected chi connectivity index (χ3v) is 5.82. The molecule has 2 fully saturated rings. The molecule has 2 atom stereocenters. The molecule has 140 valence electrons. The first kappa shape index (κ1) is 17.7. The fourth-order valence-electron chi connectivity index (χ4n) is 4.42. The van der Waals surface area contributed by atoms with Gasteiger partial charge >= 0.3 is 6.09 Å². The second kappa shape index (κ2) is 7.51. The van der Waals surface area contributed by atoms with E-state index < -0.39 is 0 Å². The third kappa shape index (κ3) is 3.59. The van der Waals surface area contributed by atoms with Gasteiger partial charge in [0.15, 0.2) is 5.78 Å². The van der Waals surface area contributed by atoms with Gasteiger partial charge in [0.1, 0.15) is 6.61 Å². The van der Waals surface area contributed by atoms with Crippen LogP contribution in [0.25, 0.3) is 0 Å². The molecule has 3 heterocycles. The number of ketones is 1. The van der Waals surface area contributed by atoms with E-state index in [-0.39, 0.29) is 36.5 Å². The molecule has 1 aromatic heterocycles. The Bertz CT molecular complexity index is 822. The Balaban J connectivity index is 1.41. The highest BCUT2D eigenvalue weighted by Gasteiger charge is 2.46. The quantitative estimate of drug-likeness (QED) is 0.765. The lowest BCUT2D eigenvalue weighted by Gasteiger charge is -2.37. The minimum Gasteiger partial charge on any atom is -0.445 e. The van der Waals surface area contributed by atoms with E-state index in [1.807, 2.05) is 48.2 Å². The molecule has 2 aliphatic heterocycles. The van der Waals surface area contributed by atoms with Crippen LogP contribution < -0.4 is 0 Å². The average molecular weight is 364 g/mol. The molecular formula is C22H24N2O3. The van der Waals surface area contributed by atoms with E-state index in [2.05, 4.69) is 4.98 Å². The van der Waals surface area contributed by atoms with Crippen molar-refractivity contribution in [2.24, 2.45) is 5.92 Å². The van der Waals surface area contributed by atoms with Gasteiger partial charge in [0, 0.05) is 36.0 Å². The SMILES string of the molecule is Cc1ccncc1C(=O)C1CC2CCC(C1)N2C(=O)OCc1ccccc1. The number of ether oxygens (including phenoxy) is 1. The van der Waals surface area contributed by atoms with Crippen LogP contribution in [0.1, 0.15) is 47.2 Å². The number of aryl methyl sites for hydroxylation is 1. The smallest absolute Gasteiger partial charge is 0.410 e. The molecule has 0 N–H and O–H groups in total. The van der Waals surface area contributed by atoms with Gasteiger partial charge in [0.05, 0.1) is 0 Å². The summed E-state index contributed by atoms with van der Waals surface area (Å²) in [7, 11) is 0. The Hall–Kier alpha value is -2.69. The van der Waals surface area contributed by atoms with Crippen LogP contribution in [-0.4, -0.2) is 33.8 Å². The lowest BCUT2D eigenvalue weighted by atomic mass is 9.84. The lowest BCUT2D eigenvalue weighted by molar-refractivity contribution is 0.0484. The van der Waals surface area contributed by atoms with Crippen molar-refractivity contribution in [3.05, 3.63) is 65.5 Å². The van der Waals surface area contributed by atoms with Gasteiger partial charge in [-0.3, -0.25) is 9.78 Å². The van der Waals surface area contributed by atoms with E-state index in [1.54, 1.807) is 12.4 Å². The van der Waals surface area contributed by atoms with Crippen molar-refractivity contribution in [3.8, 4) is 0 Å². The zero-order chi connectivity index (χ0) is 18.8. The number of nitrogens with zero attached hydrogens (tertiary/aromatic N) is 2. The maximum atomic E-state index is 13.0. The van der Waals surface area contributed by atoms with Crippen molar-refractivity contribution in [2.75, 3.05) is 0 Å². The number of hydrogen-bond donors (Lipinski definition) is 0. The summed E-state index contributed by atoms with van der Waals surface area (Å²) in [5.74, 6) is 0.123. The number of hydrogen-bond acceptors (Lipinski definition) is 4. The van der Waals surface area contributed by atoms with Crippen molar-refractivity contribution in [1.29, 1.82) is 0 Å². The Kier molecular flexibility index (Phi) is 4.92. The highest BCUT2D eigenvalue weighted by Crippen LogP contribution is 2.40. The first-order chi connectivity index (χ1) is 13.1. The summed E-state index contributed by atoms with van der Waals surface area (Å²) in [5.41, 5.74) is 2.66. The normalized spacial score (nSPS) is 23.9. The summed E-state index contributed by atoms with van der Waals surface area (Å²) in [5, 5.41) is 0. The van der Waals surface area contributed by atoms with Gasteiger partial charge in [0.2, 0.25) is 0 Å². The summed E-state index contributed by atoms with van der Waals surface area (Å²) < 4.78 is 5.54. The fraction of sp³-hybridized carbons (Fsp3) is 0.409. The van der Waals surface area contributed by atoms with Crippen molar-refractivity contribution in [3.63, 3.8) is 0 Å². The van der Waals surface area contributed by atoms with Gasteiger partial charge in [-0.15, -0.1) is 0 Å². The summed E-state index contributed by atoms with van der Waals surface area (Å²) >= 11 is 0. The van der Waals surface area contributed by atoms with Crippen LogP contribution in [0.15, 0.2) is 48.8 Å². The first-order valence-corrected chi connectivity index (χ1v) is 9.57. The summed E-state index contributed by atoms with van der Waals surface area (Å²) in [6, 6.07) is 11.8. The van der Waals surface area contributed by atoms with Crippen LogP contribution in [0.3, 0.4) is 0 Å². The monoisotopic (exact) mass is 364 g/mol. The van der Waals surface area contributed by atoms with Gasteiger partial charge < -0.3 is 9.64 Å². The molecule has 0 aliphatic carbocycles. The number of piperidine rings is 1. The second-order valence-electron chi connectivity index (χ2n) is 7.56. The Morgan fingerprint density at radius 3 is 2.48 bits per heavy atom. The number of rotatable bonds is 4. The van der Waals surface area contributed by atoms with Gasteiger partial charge in [-0.25, -0.2) is 4.79 Å². The number of pyridine rings is 1. The Morgan fingerprint density at radius 1 is 1.11 bits per heavy atom. The fourth-order valence-corrected chi connectivity index (χ4v) is 4.42. The molecule has 0 spiro atoms. The molecule has 27 heavy (non-hydrogen) atoms. The molecule has 5 heteroatoms. The van der Waals surface area contributed by atoms with Crippen LogP contribution in [-0.2, 0) is 11.3 Å². The summed E-state index contributed by atoms with van der Waals surface area (Å²) in [6.45, 7) is 2.23. The van der Waals surface area contributed by atoms with Crippen LogP contribution in [0.4, 0.5) is 4.79 Å². The predicted molar refractivity (Wildman–Crippen MR) is 101 cm³/mol. The van der Waals surface area contributed by atoms with Crippen molar-refractivity contribution >= 4 is 11.9 Å². The topological polar surface area (TPSA) is 59.5 Å². The Labute approximate surface area is 159 Å². The molecule has 2 unspecified atom stereocenters. The molecule has 0 saturated carbocycles. The van der Waals surface area contributed by atoms with E-state index >= 15 is 0 Å². The zero-order valence-corrected chi connectivity index (χ0v) is 15.5. The van der Waals surface area contributed by atoms with E-state index in [9.17, 15) is 9.59 Å². The molecule has 0 radical (unpaired) electrons. The van der Waals surface area contributed by atoms with Crippen molar-refractivity contribution in [2.45, 2.75) is 51.3 Å². The molecule has 2 aliphatic rings. The minimum absolute atomic E-state index is 0.0384. The van der Waals surface area contributed by atoms with E-state index in [1.165, 1.54) is 0 Å². The number of carbonyl (C=O) groups excluding carboxylic acids is 2. The number of fused-ring (bicyclic) bond motifs is 2. The number of benzene rings is 1. The molecule has 1 aromatic carbocycles. The first-order valence-electron chi connectivity index (χ1n) is 9.57. The largest absolute Gasteiger partial charge is 0.445 e. The number of amides is 1. The number of aromatic nitrogens is 1. The van der Waals surface area contributed by atoms with Crippen LogP contribution >= 0.6 is 0 Å². The molecule has 2 aromatic rings. The van der Waals surface area contributed by atoms with Crippen LogP contribution in [0.5, 0.6) is 0 Å². The zero-order valence-electron chi connectivity index (χ0n) is 15.5. The maximum absolute atomic E-state index is 13.0. The van der Waals surface area contributed by atoms with Crippen molar-refractivity contribution in [1.82, 2.24) is 9.88 Å². The van der Waals surface area contributed by atoms with Gasteiger partial charge in [-0.1, -0.05) is 30.3 Å². The highest BCUT2D eigenvalue weighted by molar-refractivity contribution is 5.99. The molecule has 2 bridgehead atoms. The summed E-state index contributed by atoms with van der Waals surface area (Å²) in [6.07, 6.45) is 6.44. The standard InChI is InChI=1S/C22H24N2O3/c1-15-9-10-23-13-20(15)21(25)17-11-18-7-8-19(12-17)24(18)22(26)27-14-16-5-3-2-4-6-16/h2-6,9-10,13,17-19H,7-8,11-12,14H2,1H3. The highest BCUT2D eigenvalue weighted by atomic mass is 16.6. The van der Waals surface area contributed by atoms with Crippen molar-refractivity contribution < 1.29 is 14.3 Å². The van der Waals surface area contributed by atoms with E-state index in [0.29, 0.717) is 18.4 Å². The van der Waals surface area contributed by atoms with Gasteiger partial charge in [0.25, 0.3) is 0 Å². The number of Topliss-reactive ketones (excluding diaryl/α,β-unsaturated/α-hetero) is 1. The summed E-state index contributed by atoms with van der Waals surface area (Å²) in [4.78, 5) is 31.6.